The number of amides is 2. The predicted molar refractivity (Wildman–Crippen MR) is 118 cm³/mol. The van der Waals surface area contributed by atoms with Gasteiger partial charge in [0.25, 0.3) is 0 Å². The number of nitriles is 1. The monoisotopic (exact) mass is 409 g/mol. The highest BCUT2D eigenvalue weighted by atomic mass is 16.2. The molecule has 0 saturated heterocycles. The van der Waals surface area contributed by atoms with Crippen LogP contribution in [0.1, 0.15) is 49.6 Å². The molecule has 1 aromatic heterocycles. The van der Waals surface area contributed by atoms with Gasteiger partial charge in [-0.05, 0) is 44.2 Å². The normalized spacial score (nSPS) is 13.0. The van der Waals surface area contributed by atoms with E-state index >= 15 is 0 Å². The second kappa shape index (κ2) is 9.59. The zero-order chi connectivity index (χ0) is 22.5. The number of carbonyl (C=O) groups is 2. The first-order valence-electron chi connectivity index (χ1n) is 10.1. The summed E-state index contributed by atoms with van der Waals surface area (Å²) in [6, 6.07) is 12.0. The average molecular weight is 410 g/mol. The third kappa shape index (κ3) is 5.28. The molecule has 2 amide bonds. The quantitative estimate of drug-likeness (QED) is 0.591. The maximum absolute atomic E-state index is 12.7. The minimum atomic E-state index is -0.985. The molecule has 0 aliphatic rings. The number of nitrogens with two attached hydrogens (primary N) is 1. The fourth-order valence-electron chi connectivity index (χ4n) is 3.62. The lowest BCUT2D eigenvalue weighted by Gasteiger charge is -2.29. The number of nitrogens with one attached hydrogen (secondary N) is 2. The van der Waals surface area contributed by atoms with E-state index in [1.54, 1.807) is 6.92 Å². The first-order valence-corrected chi connectivity index (χ1v) is 10.1. The Hall–Kier alpha value is -3.11. The Balaban J connectivity index is 2.24. The number of anilines is 1. The molecule has 7 nitrogen and oxygen atoms in total. The van der Waals surface area contributed by atoms with Gasteiger partial charge >= 0.3 is 0 Å². The van der Waals surface area contributed by atoms with Crippen LogP contribution in [0.15, 0.2) is 30.3 Å². The molecule has 1 heterocycles. The first-order chi connectivity index (χ1) is 14.1. The molecule has 160 valence electrons. The van der Waals surface area contributed by atoms with Gasteiger partial charge in [0.2, 0.25) is 11.8 Å². The Morgan fingerprint density at radius 2 is 1.87 bits per heavy atom. The Bertz CT molecular complexity index is 956. The summed E-state index contributed by atoms with van der Waals surface area (Å²) in [6.07, 6.45) is 0.516. The minimum absolute atomic E-state index is 0.0916. The summed E-state index contributed by atoms with van der Waals surface area (Å²) < 4.78 is 1.93. The number of aromatic nitrogens is 1. The third-order valence-electron chi connectivity index (χ3n) is 5.38. The molecule has 2 aromatic rings. The molecule has 2 rings (SSSR count). The Kier molecular flexibility index (Phi) is 7.41. The van der Waals surface area contributed by atoms with Gasteiger partial charge in [0.1, 0.15) is 11.9 Å². The Labute approximate surface area is 178 Å². The summed E-state index contributed by atoms with van der Waals surface area (Å²) in [5.74, 6) is -0.139. The molecule has 0 radical (unpaired) electrons. The topological polar surface area (TPSA) is 113 Å². The lowest BCUT2D eigenvalue weighted by molar-refractivity contribution is -0.125. The van der Waals surface area contributed by atoms with Crippen LogP contribution in [0, 0.1) is 31.1 Å². The number of rotatable bonds is 9. The van der Waals surface area contributed by atoms with Gasteiger partial charge in [-0.2, -0.15) is 5.26 Å². The zero-order valence-corrected chi connectivity index (χ0v) is 18.4. The van der Waals surface area contributed by atoms with Crippen molar-refractivity contribution < 1.29 is 9.59 Å². The van der Waals surface area contributed by atoms with Gasteiger partial charge < -0.3 is 15.6 Å². The summed E-state index contributed by atoms with van der Waals surface area (Å²) in [5.41, 5.74) is 7.82. The van der Waals surface area contributed by atoms with E-state index in [2.05, 4.69) is 16.7 Å². The van der Waals surface area contributed by atoms with Crippen molar-refractivity contribution in [3.05, 3.63) is 52.7 Å². The van der Waals surface area contributed by atoms with Crippen molar-refractivity contribution in [3.8, 4) is 6.07 Å². The van der Waals surface area contributed by atoms with Crippen LogP contribution in [0.5, 0.6) is 0 Å². The molecular weight excluding hydrogens is 378 g/mol. The van der Waals surface area contributed by atoms with Crippen molar-refractivity contribution >= 4 is 17.6 Å². The largest absolute Gasteiger partial charge is 0.368 e. The van der Waals surface area contributed by atoms with Crippen molar-refractivity contribution in [2.24, 2.45) is 11.7 Å². The van der Waals surface area contributed by atoms with Crippen molar-refractivity contribution in [2.45, 2.75) is 53.1 Å². The van der Waals surface area contributed by atoms with Crippen LogP contribution in [0.25, 0.3) is 0 Å². The van der Waals surface area contributed by atoms with Gasteiger partial charge in [-0.3, -0.25) is 14.9 Å². The predicted octanol–water partition coefficient (Wildman–Crippen LogP) is 2.84. The van der Waals surface area contributed by atoms with Gasteiger partial charge in [0.15, 0.2) is 0 Å². The van der Waals surface area contributed by atoms with E-state index in [1.807, 2.05) is 62.6 Å². The molecule has 0 spiro atoms. The lowest BCUT2D eigenvalue weighted by atomic mass is 9.90. The van der Waals surface area contributed by atoms with Crippen molar-refractivity contribution in [1.29, 1.82) is 5.26 Å². The maximum Gasteiger partial charge on any atom is 0.239 e. The second-order valence-corrected chi connectivity index (χ2v) is 8.31. The van der Waals surface area contributed by atoms with Gasteiger partial charge in [-0.1, -0.05) is 44.2 Å². The standard InChI is InChI=1S/C23H31N5O2/c1-15(2)11-23(5,22(25)30)26-13-20(29)27-21-19(12-24)16(3)17(4)28(21)14-18-9-7-6-8-10-18/h6-10,15,26H,11,13-14H2,1-5H3,(H2,25,30)(H,27,29). The summed E-state index contributed by atoms with van der Waals surface area (Å²) in [4.78, 5) is 24.6. The summed E-state index contributed by atoms with van der Waals surface area (Å²) in [5, 5.41) is 15.5. The molecule has 1 unspecified atom stereocenters. The van der Waals surface area contributed by atoms with Crippen LogP contribution in [-0.2, 0) is 16.1 Å². The fourth-order valence-corrected chi connectivity index (χ4v) is 3.62. The molecule has 1 aromatic carbocycles. The first kappa shape index (κ1) is 23.2. The van der Waals surface area contributed by atoms with Crippen molar-refractivity contribution in [1.82, 2.24) is 9.88 Å². The summed E-state index contributed by atoms with van der Waals surface area (Å²) in [7, 11) is 0. The van der Waals surface area contributed by atoms with E-state index in [9.17, 15) is 14.9 Å². The maximum atomic E-state index is 12.7. The van der Waals surface area contributed by atoms with E-state index in [0.29, 0.717) is 24.3 Å². The SMILES string of the molecule is Cc1c(C#N)c(NC(=O)CNC(C)(CC(C)C)C(N)=O)n(Cc2ccccc2)c1C. The molecule has 30 heavy (non-hydrogen) atoms. The molecule has 0 aliphatic carbocycles. The van der Waals surface area contributed by atoms with Gasteiger partial charge in [-0.25, -0.2) is 0 Å². The van der Waals surface area contributed by atoms with Crippen LogP contribution < -0.4 is 16.4 Å². The molecule has 7 heteroatoms. The molecule has 0 bridgehead atoms. The Morgan fingerprint density at radius 3 is 2.40 bits per heavy atom. The molecular formula is C23H31N5O2. The van der Waals surface area contributed by atoms with E-state index in [1.165, 1.54) is 0 Å². The molecule has 0 fully saturated rings. The van der Waals surface area contributed by atoms with Gasteiger partial charge in [0.05, 0.1) is 17.6 Å². The van der Waals surface area contributed by atoms with Gasteiger partial charge in [0, 0.05) is 12.2 Å². The van der Waals surface area contributed by atoms with Crippen LogP contribution >= 0.6 is 0 Å². The third-order valence-corrected chi connectivity index (χ3v) is 5.38. The fraction of sp³-hybridized carbons (Fsp3) is 0.435. The number of primary amides is 1. The molecule has 4 N–H and O–H groups in total. The number of carbonyl (C=O) groups excluding carboxylic acids is 2. The number of benzene rings is 1. The van der Waals surface area contributed by atoms with Crippen molar-refractivity contribution in [2.75, 3.05) is 11.9 Å². The smallest absolute Gasteiger partial charge is 0.239 e. The zero-order valence-electron chi connectivity index (χ0n) is 18.4. The number of nitrogens with zero attached hydrogens (tertiary/aromatic N) is 2. The molecule has 0 aliphatic heterocycles. The van der Waals surface area contributed by atoms with Gasteiger partial charge in [-0.15, -0.1) is 0 Å². The van der Waals surface area contributed by atoms with E-state index < -0.39 is 11.4 Å². The van der Waals surface area contributed by atoms with Crippen LogP contribution in [-0.4, -0.2) is 28.5 Å². The highest BCUT2D eigenvalue weighted by molar-refractivity contribution is 5.94. The van der Waals surface area contributed by atoms with Crippen LogP contribution in [0.2, 0.25) is 0 Å². The van der Waals surface area contributed by atoms with Crippen molar-refractivity contribution in [3.63, 3.8) is 0 Å². The van der Waals surface area contributed by atoms with Crippen LogP contribution in [0.4, 0.5) is 5.82 Å². The Morgan fingerprint density at radius 1 is 1.23 bits per heavy atom. The van der Waals surface area contributed by atoms with E-state index in [0.717, 1.165) is 16.8 Å². The minimum Gasteiger partial charge on any atom is -0.368 e. The summed E-state index contributed by atoms with van der Waals surface area (Å²) >= 11 is 0. The highest BCUT2D eigenvalue weighted by Crippen LogP contribution is 2.27. The highest BCUT2D eigenvalue weighted by Gasteiger charge is 2.32. The second-order valence-electron chi connectivity index (χ2n) is 8.31. The number of hydrogen-bond acceptors (Lipinski definition) is 4. The summed E-state index contributed by atoms with van der Waals surface area (Å²) in [6.45, 7) is 9.93. The van der Waals surface area contributed by atoms with E-state index in [4.69, 9.17) is 5.73 Å². The molecule has 0 saturated carbocycles. The van der Waals surface area contributed by atoms with E-state index in [-0.39, 0.29) is 18.4 Å². The average Bonchev–Trinajstić information content (AvgIpc) is 2.90. The number of hydrogen-bond donors (Lipinski definition) is 3. The molecule has 1 atom stereocenters. The van der Waals surface area contributed by atoms with Crippen LogP contribution in [0.3, 0.4) is 0 Å². The lowest BCUT2D eigenvalue weighted by Crippen LogP contribution is -2.55.